The molecule has 2 fully saturated rings. The summed E-state index contributed by atoms with van der Waals surface area (Å²) in [5.74, 6) is -0.841. The monoisotopic (exact) mass is 1330 g/mol. The number of carbonyl (C=O) groups is 1. The molecule has 2 saturated heterocycles. The maximum absolute atomic E-state index is 14.4. The van der Waals surface area contributed by atoms with Crippen molar-refractivity contribution in [3.8, 4) is 0 Å². The SMILES string of the molecule is CCCCCCCCCCCCCCCCCCCCCCCCCC(=O)N[C@@H](CO[C@H]1O[C@H](COCc2ccccc2)[C@H](OCc2ccccc2)[C@H](OCc2ccccc2)[C@H]1OCc1ccccc1)[C@@H]1OC(C)(C)O[C@@H]1CCCCCCCCCCCCCCCCCCC. The smallest absolute Gasteiger partial charge is 0.220 e. The molecule has 2 aliphatic heterocycles. The van der Waals surface area contributed by atoms with E-state index in [1.807, 2.05) is 86.6 Å². The molecule has 0 spiro atoms. The lowest BCUT2D eigenvalue weighted by Gasteiger charge is -2.46. The van der Waals surface area contributed by atoms with Gasteiger partial charge in [0.05, 0.1) is 51.8 Å². The highest BCUT2D eigenvalue weighted by Gasteiger charge is 2.51. The normalized spacial score (nSPS) is 19.6. The van der Waals surface area contributed by atoms with Gasteiger partial charge in [0, 0.05) is 6.42 Å². The number of rotatable bonds is 60. The van der Waals surface area contributed by atoms with Gasteiger partial charge in [-0.3, -0.25) is 4.79 Å². The van der Waals surface area contributed by atoms with Crippen LogP contribution in [0.5, 0.6) is 0 Å². The Morgan fingerprint density at radius 1 is 0.385 bits per heavy atom. The molecule has 4 aromatic rings. The van der Waals surface area contributed by atoms with Crippen molar-refractivity contribution in [1.82, 2.24) is 5.32 Å². The van der Waals surface area contributed by atoms with E-state index in [0.717, 1.165) is 60.8 Å². The van der Waals surface area contributed by atoms with Crippen LogP contribution in [0.15, 0.2) is 121 Å². The summed E-state index contributed by atoms with van der Waals surface area (Å²) in [5, 5.41) is 3.49. The zero-order valence-corrected chi connectivity index (χ0v) is 61.3. The van der Waals surface area contributed by atoms with E-state index in [0.29, 0.717) is 26.2 Å². The van der Waals surface area contributed by atoms with Crippen molar-refractivity contribution >= 4 is 5.91 Å². The molecule has 540 valence electrons. The van der Waals surface area contributed by atoms with Crippen LogP contribution in [0.3, 0.4) is 0 Å². The maximum atomic E-state index is 14.4. The second-order valence-electron chi connectivity index (χ2n) is 28.9. The Morgan fingerprint density at radius 2 is 0.719 bits per heavy atom. The van der Waals surface area contributed by atoms with E-state index in [-0.39, 0.29) is 31.8 Å². The molecule has 1 N–H and O–H groups in total. The van der Waals surface area contributed by atoms with Crippen LogP contribution >= 0.6 is 0 Å². The minimum Gasteiger partial charge on any atom is -0.374 e. The first-order valence-corrected chi connectivity index (χ1v) is 39.8. The van der Waals surface area contributed by atoms with Gasteiger partial charge in [-0.15, -0.1) is 0 Å². The van der Waals surface area contributed by atoms with E-state index in [1.165, 1.54) is 225 Å². The van der Waals surface area contributed by atoms with Crippen LogP contribution in [0.2, 0.25) is 0 Å². The van der Waals surface area contributed by atoms with Gasteiger partial charge in [0.25, 0.3) is 0 Å². The predicted octanol–water partition coefficient (Wildman–Crippen LogP) is 23.1. The number of ether oxygens (including phenoxy) is 8. The topological polar surface area (TPSA) is 103 Å². The van der Waals surface area contributed by atoms with Gasteiger partial charge in [-0.25, -0.2) is 0 Å². The largest absolute Gasteiger partial charge is 0.374 e. The summed E-state index contributed by atoms with van der Waals surface area (Å²) in [5.41, 5.74) is 4.13. The highest BCUT2D eigenvalue weighted by atomic mass is 16.8. The van der Waals surface area contributed by atoms with Crippen molar-refractivity contribution in [3.05, 3.63) is 144 Å². The molecule has 0 aromatic heterocycles. The molecule has 1 amide bonds. The van der Waals surface area contributed by atoms with Gasteiger partial charge in [-0.2, -0.15) is 0 Å². The summed E-state index contributed by atoms with van der Waals surface area (Å²) in [7, 11) is 0. The van der Waals surface area contributed by atoms with Gasteiger partial charge in [0.1, 0.15) is 30.5 Å². The fourth-order valence-corrected chi connectivity index (χ4v) is 14.1. The van der Waals surface area contributed by atoms with Crippen molar-refractivity contribution in [2.45, 2.75) is 379 Å². The fourth-order valence-electron chi connectivity index (χ4n) is 14.1. The number of amides is 1. The Labute approximate surface area is 586 Å². The van der Waals surface area contributed by atoms with Gasteiger partial charge in [-0.05, 0) is 48.9 Å². The third-order valence-electron chi connectivity index (χ3n) is 19.8. The van der Waals surface area contributed by atoms with Crippen LogP contribution in [0.4, 0.5) is 0 Å². The lowest BCUT2D eigenvalue weighted by Crippen LogP contribution is -2.62. The van der Waals surface area contributed by atoms with E-state index < -0.39 is 48.6 Å². The highest BCUT2D eigenvalue weighted by Crippen LogP contribution is 2.36. The summed E-state index contributed by atoms with van der Waals surface area (Å²) >= 11 is 0. The number of nitrogens with one attached hydrogen (secondary N) is 1. The number of hydrogen-bond donors (Lipinski definition) is 1. The Balaban J connectivity index is 1.07. The van der Waals surface area contributed by atoms with Crippen LogP contribution in [0.25, 0.3) is 0 Å². The first-order chi connectivity index (χ1) is 47.3. The van der Waals surface area contributed by atoms with E-state index in [9.17, 15) is 4.79 Å². The van der Waals surface area contributed by atoms with E-state index in [1.54, 1.807) is 0 Å². The molecule has 0 unspecified atom stereocenters. The van der Waals surface area contributed by atoms with Crippen LogP contribution in [-0.2, 0) is 69.1 Å². The quantitative estimate of drug-likeness (QED) is 0.0433. The van der Waals surface area contributed by atoms with Gasteiger partial charge >= 0.3 is 0 Å². The Kier molecular flexibility index (Phi) is 44.7. The summed E-state index contributed by atoms with van der Waals surface area (Å²) in [4.78, 5) is 14.4. The first kappa shape index (κ1) is 81.0. The van der Waals surface area contributed by atoms with Gasteiger partial charge < -0.3 is 43.2 Å². The zero-order chi connectivity index (χ0) is 67.5. The van der Waals surface area contributed by atoms with E-state index in [4.69, 9.17) is 37.9 Å². The molecule has 0 saturated carbocycles. The first-order valence-electron chi connectivity index (χ1n) is 39.8. The van der Waals surface area contributed by atoms with Crippen LogP contribution < -0.4 is 5.32 Å². The number of hydrogen-bond acceptors (Lipinski definition) is 9. The third kappa shape index (κ3) is 36.4. The summed E-state index contributed by atoms with van der Waals surface area (Å²) < 4.78 is 55.7. The molecular weight excluding hydrogens is 1190 g/mol. The standard InChI is InChI=1S/C86H137NO9/c1-5-7-9-11-13-15-17-19-21-23-24-25-26-27-28-30-32-34-36-38-40-42-56-66-80(88)87-77(81-78(95-86(3,4)96-81)65-55-41-39-37-35-33-31-29-22-20-18-16-14-12-10-8-6-2)71-93-85-84(92-70-76-63-53-46-54-64-76)83(91-69-75-61-51-45-52-62-75)82(90-68-74-59-49-44-50-60-74)79(94-85)72-89-67-73-57-47-43-48-58-73/h43-54,57-64,77-79,81-85H,5-42,55-56,65-72H2,1-4H3,(H,87,88)/t77-,78+,79+,81-,82-,83-,84+,85-/m0/s1. The van der Waals surface area contributed by atoms with E-state index in [2.05, 4.69) is 67.7 Å². The lowest BCUT2D eigenvalue weighted by molar-refractivity contribution is -0.329. The molecule has 96 heavy (non-hydrogen) atoms. The molecule has 0 bridgehead atoms. The highest BCUT2D eigenvalue weighted by molar-refractivity contribution is 5.76. The minimum atomic E-state index is -0.946. The maximum Gasteiger partial charge on any atom is 0.220 e. The molecule has 10 nitrogen and oxygen atoms in total. The Bertz CT molecular complexity index is 2410. The molecule has 8 atom stereocenters. The van der Waals surface area contributed by atoms with Gasteiger partial charge in [0.15, 0.2) is 12.1 Å². The van der Waals surface area contributed by atoms with Gasteiger partial charge in [-0.1, -0.05) is 386 Å². The molecule has 2 aliphatic rings. The summed E-state index contributed by atoms with van der Waals surface area (Å²) in [6.07, 6.45) is 50.3. The Hall–Kier alpha value is -3.97. The van der Waals surface area contributed by atoms with Crippen molar-refractivity contribution in [3.63, 3.8) is 0 Å². The summed E-state index contributed by atoms with van der Waals surface area (Å²) in [6, 6.07) is 40.3. The molecular formula is C86H137NO9. The molecule has 6 rings (SSSR count). The fraction of sp³-hybridized carbons (Fsp3) is 0.709. The minimum absolute atomic E-state index is 0.00374. The lowest BCUT2D eigenvalue weighted by atomic mass is 9.97. The molecule has 2 heterocycles. The third-order valence-corrected chi connectivity index (χ3v) is 19.8. The van der Waals surface area contributed by atoms with Crippen molar-refractivity contribution in [2.75, 3.05) is 13.2 Å². The average Bonchev–Trinajstić information content (AvgIpc) is 1.39. The van der Waals surface area contributed by atoms with Gasteiger partial charge in [0.2, 0.25) is 5.91 Å². The molecule has 0 radical (unpaired) electrons. The molecule has 4 aromatic carbocycles. The van der Waals surface area contributed by atoms with Crippen LogP contribution in [0.1, 0.15) is 320 Å². The summed E-state index contributed by atoms with van der Waals surface area (Å²) in [6.45, 7) is 10.2. The van der Waals surface area contributed by atoms with Crippen LogP contribution in [0, 0.1) is 0 Å². The number of unbranched alkanes of at least 4 members (excludes halogenated alkanes) is 38. The predicted molar refractivity (Wildman–Crippen MR) is 397 cm³/mol. The molecule has 0 aliphatic carbocycles. The Morgan fingerprint density at radius 3 is 1.10 bits per heavy atom. The number of benzene rings is 4. The van der Waals surface area contributed by atoms with Crippen molar-refractivity contribution in [2.24, 2.45) is 0 Å². The average molecular weight is 1330 g/mol. The van der Waals surface area contributed by atoms with E-state index >= 15 is 0 Å². The number of carbonyl (C=O) groups excluding carboxylic acids is 1. The van der Waals surface area contributed by atoms with Crippen molar-refractivity contribution < 1.29 is 42.7 Å². The molecule has 10 heteroatoms. The zero-order valence-electron chi connectivity index (χ0n) is 61.3. The van der Waals surface area contributed by atoms with Crippen LogP contribution in [-0.4, -0.2) is 73.9 Å². The second kappa shape index (κ2) is 53.0. The second-order valence-corrected chi connectivity index (χ2v) is 28.9. The van der Waals surface area contributed by atoms with Crippen molar-refractivity contribution in [1.29, 1.82) is 0 Å².